The van der Waals surface area contributed by atoms with Crippen LogP contribution < -0.4 is 4.72 Å². The summed E-state index contributed by atoms with van der Waals surface area (Å²) in [5, 5.41) is 0. The predicted octanol–water partition coefficient (Wildman–Crippen LogP) is 1.54. The van der Waals surface area contributed by atoms with E-state index in [1.165, 1.54) is 6.07 Å². The topological polar surface area (TPSA) is 89.0 Å². The van der Waals surface area contributed by atoms with Crippen molar-refractivity contribution in [3.63, 3.8) is 0 Å². The zero-order chi connectivity index (χ0) is 14.0. The number of carbonyl (C=O) groups is 1. The Morgan fingerprint density at radius 3 is 2.79 bits per heavy atom. The number of fused-ring (bicyclic) bond motifs is 1. The molecular formula is C11H13N3O3S2. The number of carbonyl (C=O) groups excluding carboxylic acids is 1. The number of hydrogen-bond acceptors (Lipinski definition) is 6. The summed E-state index contributed by atoms with van der Waals surface area (Å²) in [5.41, 5.74) is 0.793. The maximum absolute atomic E-state index is 12.1. The Kier molecular flexibility index (Phi) is 3.81. The van der Waals surface area contributed by atoms with Gasteiger partial charge in [0.05, 0.1) is 11.7 Å². The summed E-state index contributed by atoms with van der Waals surface area (Å²) in [6.07, 6.45) is 0.157. The molecule has 1 amide bonds. The quantitative estimate of drug-likeness (QED) is 0.925. The molecule has 1 heterocycles. The molecule has 0 radical (unpaired) electrons. The SMILES string of the molecule is CC(C)CC(=O)NS(=O)(=O)c1cccc2nsnc12. The first-order valence-corrected chi connectivity index (χ1v) is 7.88. The van der Waals surface area contributed by atoms with Crippen molar-refractivity contribution in [2.24, 2.45) is 5.92 Å². The number of aromatic nitrogens is 2. The Labute approximate surface area is 115 Å². The van der Waals surface area contributed by atoms with Gasteiger partial charge in [0, 0.05) is 6.42 Å². The normalized spacial score (nSPS) is 11.9. The molecule has 0 aliphatic heterocycles. The smallest absolute Gasteiger partial charge is 0.266 e. The van der Waals surface area contributed by atoms with E-state index in [-0.39, 0.29) is 22.8 Å². The average Bonchev–Trinajstić information content (AvgIpc) is 2.73. The molecule has 8 heteroatoms. The van der Waals surface area contributed by atoms with Crippen LogP contribution in [-0.2, 0) is 14.8 Å². The highest BCUT2D eigenvalue weighted by atomic mass is 32.2. The van der Waals surface area contributed by atoms with Gasteiger partial charge in [0.1, 0.15) is 15.9 Å². The van der Waals surface area contributed by atoms with E-state index in [0.29, 0.717) is 5.52 Å². The molecule has 19 heavy (non-hydrogen) atoms. The lowest BCUT2D eigenvalue weighted by Crippen LogP contribution is -2.31. The summed E-state index contributed by atoms with van der Waals surface area (Å²) in [5.74, 6) is -0.429. The summed E-state index contributed by atoms with van der Waals surface area (Å²) in [6.45, 7) is 3.69. The third-order valence-electron chi connectivity index (χ3n) is 2.38. The molecule has 2 aromatic rings. The molecule has 0 saturated carbocycles. The Morgan fingerprint density at radius 2 is 2.11 bits per heavy atom. The van der Waals surface area contributed by atoms with E-state index in [1.807, 2.05) is 13.8 Å². The van der Waals surface area contributed by atoms with E-state index < -0.39 is 15.9 Å². The number of benzene rings is 1. The van der Waals surface area contributed by atoms with Gasteiger partial charge in [-0.2, -0.15) is 8.75 Å². The molecule has 1 aromatic carbocycles. The Bertz CT molecular complexity index is 707. The molecule has 0 unspecified atom stereocenters. The van der Waals surface area contributed by atoms with Gasteiger partial charge >= 0.3 is 0 Å². The van der Waals surface area contributed by atoms with Crippen molar-refractivity contribution >= 4 is 38.7 Å². The van der Waals surface area contributed by atoms with Crippen LogP contribution in [0.25, 0.3) is 11.0 Å². The summed E-state index contributed by atoms with van der Waals surface area (Å²) in [7, 11) is -3.90. The third-order valence-corrected chi connectivity index (χ3v) is 4.33. The van der Waals surface area contributed by atoms with Crippen molar-refractivity contribution in [3.05, 3.63) is 18.2 Å². The van der Waals surface area contributed by atoms with E-state index in [1.54, 1.807) is 12.1 Å². The summed E-state index contributed by atoms with van der Waals surface area (Å²) in [6, 6.07) is 4.66. The van der Waals surface area contributed by atoms with Gasteiger partial charge in [-0.3, -0.25) is 4.79 Å². The molecule has 2 rings (SSSR count). The minimum absolute atomic E-state index is 0.0177. The molecule has 102 valence electrons. The Balaban J connectivity index is 2.34. The van der Waals surface area contributed by atoms with Gasteiger partial charge < -0.3 is 0 Å². The monoisotopic (exact) mass is 299 g/mol. The molecular weight excluding hydrogens is 286 g/mol. The van der Waals surface area contributed by atoms with Gasteiger partial charge in [0.15, 0.2) is 0 Å². The minimum atomic E-state index is -3.90. The molecule has 0 fully saturated rings. The summed E-state index contributed by atoms with van der Waals surface area (Å²) >= 11 is 0.936. The average molecular weight is 299 g/mol. The first-order valence-electron chi connectivity index (χ1n) is 5.67. The van der Waals surface area contributed by atoms with Gasteiger partial charge in [-0.05, 0) is 18.1 Å². The maximum Gasteiger partial charge on any atom is 0.266 e. The van der Waals surface area contributed by atoms with E-state index in [9.17, 15) is 13.2 Å². The lowest BCUT2D eigenvalue weighted by Gasteiger charge is -2.08. The van der Waals surface area contributed by atoms with Gasteiger partial charge in [-0.15, -0.1) is 0 Å². The van der Waals surface area contributed by atoms with Gasteiger partial charge in [-0.25, -0.2) is 13.1 Å². The molecule has 1 aromatic heterocycles. The number of amides is 1. The molecule has 0 aliphatic rings. The predicted molar refractivity (Wildman–Crippen MR) is 72.2 cm³/mol. The first-order chi connectivity index (χ1) is 8.90. The van der Waals surface area contributed by atoms with Crippen molar-refractivity contribution in [2.75, 3.05) is 0 Å². The van der Waals surface area contributed by atoms with E-state index >= 15 is 0 Å². The lowest BCUT2D eigenvalue weighted by molar-refractivity contribution is -0.120. The molecule has 0 saturated heterocycles. The van der Waals surface area contributed by atoms with E-state index in [2.05, 4.69) is 13.5 Å². The Hall–Kier alpha value is -1.54. The van der Waals surface area contributed by atoms with E-state index in [4.69, 9.17) is 0 Å². The molecule has 1 N–H and O–H groups in total. The second kappa shape index (κ2) is 5.22. The van der Waals surface area contributed by atoms with Crippen molar-refractivity contribution in [1.82, 2.24) is 13.5 Å². The highest BCUT2D eigenvalue weighted by Crippen LogP contribution is 2.20. The fourth-order valence-corrected chi connectivity index (χ4v) is 3.38. The summed E-state index contributed by atoms with van der Waals surface area (Å²) < 4.78 is 34.3. The molecule has 0 spiro atoms. The highest BCUT2D eigenvalue weighted by Gasteiger charge is 2.22. The molecule has 0 atom stereocenters. The largest absolute Gasteiger partial charge is 0.274 e. The summed E-state index contributed by atoms with van der Waals surface area (Å²) in [4.78, 5) is 11.6. The van der Waals surface area contributed by atoms with Gasteiger partial charge in [-0.1, -0.05) is 19.9 Å². The van der Waals surface area contributed by atoms with Crippen LogP contribution in [-0.4, -0.2) is 23.1 Å². The van der Waals surface area contributed by atoms with Gasteiger partial charge in [0.2, 0.25) is 5.91 Å². The van der Waals surface area contributed by atoms with Gasteiger partial charge in [0.25, 0.3) is 10.0 Å². The number of nitrogens with one attached hydrogen (secondary N) is 1. The van der Waals surface area contributed by atoms with Crippen molar-refractivity contribution in [2.45, 2.75) is 25.2 Å². The van der Waals surface area contributed by atoms with Crippen LogP contribution >= 0.6 is 11.7 Å². The van der Waals surface area contributed by atoms with Crippen LogP contribution in [0.2, 0.25) is 0 Å². The van der Waals surface area contributed by atoms with Crippen LogP contribution in [0, 0.1) is 5.92 Å². The van der Waals surface area contributed by atoms with Crippen molar-refractivity contribution < 1.29 is 13.2 Å². The number of nitrogens with zero attached hydrogens (tertiary/aromatic N) is 2. The minimum Gasteiger partial charge on any atom is -0.274 e. The first kappa shape index (κ1) is 13.9. The molecule has 0 bridgehead atoms. The number of sulfonamides is 1. The van der Waals surface area contributed by atoms with Crippen molar-refractivity contribution in [1.29, 1.82) is 0 Å². The van der Waals surface area contributed by atoms with E-state index in [0.717, 1.165) is 11.7 Å². The number of hydrogen-bond donors (Lipinski definition) is 1. The second-order valence-corrected chi connectivity index (χ2v) is 6.69. The van der Waals surface area contributed by atoms with Crippen molar-refractivity contribution in [3.8, 4) is 0 Å². The molecule has 0 aliphatic carbocycles. The highest BCUT2D eigenvalue weighted by molar-refractivity contribution is 7.90. The standard InChI is InChI=1S/C11H13N3O3S2/c1-7(2)6-10(15)14-19(16,17)9-5-3-4-8-11(9)13-18-12-8/h3-5,7H,6H2,1-2H3,(H,14,15). The van der Waals surface area contributed by atoms with Crippen LogP contribution in [0.3, 0.4) is 0 Å². The van der Waals surface area contributed by atoms with Crippen LogP contribution in [0.15, 0.2) is 23.1 Å². The fraction of sp³-hybridized carbons (Fsp3) is 0.364. The maximum atomic E-state index is 12.1. The zero-order valence-electron chi connectivity index (χ0n) is 10.5. The van der Waals surface area contributed by atoms with Crippen LogP contribution in [0.5, 0.6) is 0 Å². The zero-order valence-corrected chi connectivity index (χ0v) is 12.1. The lowest BCUT2D eigenvalue weighted by atomic mass is 10.1. The second-order valence-electron chi connectivity index (χ2n) is 4.51. The molecule has 6 nitrogen and oxygen atoms in total. The Morgan fingerprint density at radius 1 is 1.37 bits per heavy atom. The van der Waals surface area contributed by atoms with Crippen LogP contribution in [0.1, 0.15) is 20.3 Å². The fourth-order valence-electron chi connectivity index (χ4n) is 1.62. The van der Waals surface area contributed by atoms with Crippen LogP contribution in [0.4, 0.5) is 0 Å². The third kappa shape index (κ3) is 3.07. The number of rotatable bonds is 4.